The summed E-state index contributed by atoms with van der Waals surface area (Å²) in [5.41, 5.74) is 2.51. The Morgan fingerprint density at radius 3 is 2.84 bits per heavy atom. The third-order valence-corrected chi connectivity index (χ3v) is 4.93. The van der Waals surface area contributed by atoms with E-state index in [4.69, 9.17) is 4.74 Å². The summed E-state index contributed by atoms with van der Waals surface area (Å²) < 4.78 is 5.33. The molecule has 19 heavy (non-hydrogen) atoms. The summed E-state index contributed by atoms with van der Waals surface area (Å²) in [5, 5.41) is 10.6. The van der Waals surface area contributed by atoms with Gasteiger partial charge in [0.2, 0.25) is 0 Å². The van der Waals surface area contributed by atoms with Crippen LogP contribution in [0.1, 0.15) is 24.5 Å². The van der Waals surface area contributed by atoms with Crippen molar-refractivity contribution in [3.63, 3.8) is 0 Å². The molecule has 1 aromatic rings. The van der Waals surface area contributed by atoms with E-state index in [1.807, 2.05) is 6.07 Å². The molecular weight excluding hydrogens is 306 g/mol. The Morgan fingerprint density at radius 1 is 1.42 bits per heavy atom. The first kappa shape index (κ1) is 14.8. The molecule has 4 heteroatoms. The number of hydrogen-bond donors (Lipinski definition) is 1. The predicted molar refractivity (Wildman–Crippen MR) is 81.4 cm³/mol. The van der Waals surface area contributed by atoms with Gasteiger partial charge in [-0.3, -0.25) is 0 Å². The van der Waals surface area contributed by atoms with Gasteiger partial charge in [0.15, 0.2) is 0 Å². The summed E-state index contributed by atoms with van der Waals surface area (Å²) in [6, 6.07) is 6.55. The normalized spacial score (nSPS) is 33.3. The van der Waals surface area contributed by atoms with Crippen LogP contribution < -0.4 is 4.74 Å². The highest BCUT2D eigenvalue weighted by Gasteiger charge is 2.49. The van der Waals surface area contributed by atoms with Crippen LogP contribution in [0, 0.1) is 0 Å². The zero-order chi connectivity index (χ0) is 12.9. The summed E-state index contributed by atoms with van der Waals surface area (Å²) in [6.07, 6.45) is 1.66. The quantitative estimate of drug-likeness (QED) is 0.857. The van der Waals surface area contributed by atoms with Crippen molar-refractivity contribution >= 4 is 17.0 Å². The number of nitrogens with zero attached hydrogens (tertiary/aromatic N) is 1. The van der Waals surface area contributed by atoms with Gasteiger partial charge < -0.3 is 14.7 Å². The highest BCUT2D eigenvalue weighted by Crippen LogP contribution is 2.45. The first-order chi connectivity index (χ1) is 8.56. The van der Waals surface area contributed by atoms with E-state index < -0.39 is 0 Å². The molecule has 3 nitrogen and oxygen atoms in total. The minimum Gasteiger partial charge on any atom is -0.497 e. The molecule has 2 aliphatic rings. The van der Waals surface area contributed by atoms with Gasteiger partial charge in [-0.2, -0.15) is 0 Å². The second-order valence-electron chi connectivity index (χ2n) is 5.89. The Labute approximate surface area is 125 Å². The smallest absolute Gasteiger partial charge is 0.119 e. The summed E-state index contributed by atoms with van der Waals surface area (Å²) in [4.78, 5) is 2.29. The summed E-state index contributed by atoms with van der Waals surface area (Å²) >= 11 is 0. The lowest BCUT2D eigenvalue weighted by molar-refractivity contribution is -0.0407. The van der Waals surface area contributed by atoms with Crippen LogP contribution in [0.5, 0.6) is 5.75 Å². The van der Waals surface area contributed by atoms with Crippen LogP contribution in [-0.2, 0) is 11.8 Å². The van der Waals surface area contributed by atoms with Crippen LogP contribution >= 0.6 is 17.0 Å². The van der Waals surface area contributed by atoms with Crippen LogP contribution in [-0.4, -0.2) is 42.9 Å². The zero-order valence-corrected chi connectivity index (χ0v) is 13.4. The third kappa shape index (κ3) is 2.10. The summed E-state index contributed by atoms with van der Waals surface area (Å²) in [7, 11) is 3.81. The number of methoxy groups -OCH3 is 1. The molecule has 2 bridgehead atoms. The lowest BCUT2D eigenvalue weighted by Crippen LogP contribution is -2.61. The van der Waals surface area contributed by atoms with E-state index in [1.165, 1.54) is 11.1 Å². The molecule has 0 radical (unpaired) electrons. The van der Waals surface area contributed by atoms with E-state index in [0.717, 1.165) is 25.1 Å². The number of likely N-dealkylation sites (tertiary alicyclic amines) is 1. The monoisotopic (exact) mass is 327 g/mol. The first-order valence-corrected chi connectivity index (χ1v) is 6.62. The molecule has 0 unspecified atom stereocenters. The van der Waals surface area contributed by atoms with Gasteiger partial charge in [0.05, 0.1) is 13.2 Å². The molecule has 3 atom stereocenters. The molecule has 1 aliphatic carbocycles. The van der Waals surface area contributed by atoms with E-state index in [-0.39, 0.29) is 34.5 Å². The minimum atomic E-state index is -0.282. The number of hydrogen-bond acceptors (Lipinski definition) is 3. The minimum absolute atomic E-state index is 0. The Kier molecular flexibility index (Phi) is 3.96. The van der Waals surface area contributed by atoms with Crippen molar-refractivity contribution in [3.05, 3.63) is 29.3 Å². The molecule has 106 valence electrons. The lowest BCUT2D eigenvalue weighted by atomic mass is 9.63. The first-order valence-electron chi connectivity index (χ1n) is 6.62. The second-order valence-corrected chi connectivity index (χ2v) is 5.89. The highest BCUT2D eigenvalue weighted by molar-refractivity contribution is 8.93. The van der Waals surface area contributed by atoms with Crippen LogP contribution in [0.3, 0.4) is 0 Å². The maximum atomic E-state index is 10.6. The second kappa shape index (κ2) is 5.08. The number of aliphatic hydroxyl groups excluding tert-OH is 1. The molecule has 0 aromatic heterocycles. The molecule has 1 fully saturated rings. The molecule has 1 N–H and O–H groups in total. The van der Waals surface area contributed by atoms with E-state index in [1.54, 1.807) is 7.11 Å². The van der Waals surface area contributed by atoms with Crippen LogP contribution in [0.2, 0.25) is 0 Å². The number of fused-ring (bicyclic) bond motifs is 4. The number of halogens is 1. The van der Waals surface area contributed by atoms with Gasteiger partial charge in [-0.1, -0.05) is 13.0 Å². The van der Waals surface area contributed by atoms with Gasteiger partial charge in [0, 0.05) is 11.5 Å². The van der Waals surface area contributed by atoms with Gasteiger partial charge in [-0.15, -0.1) is 17.0 Å². The molecular formula is C15H22BrNO2. The van der Waals surface area contributed by atoms with Crippen LogP contribution in [0.25, 0.3) is 0 Å². The fraction of sp³-hybridized carbons (Fsp3) is 0.600. The van der Waals surface area contributed by atoms with Gasteiger partial charge in [-0.25, -0.2) is 0 Å². The van der Waals surface area contributed by atoms with Crippen molar-refractivity contribution < 1.29 is 9.84 Å². The van der Waals surface area contributed by atoms with Gasteiger partial charge in [-0.05, 0) is 49.7 Å². The molecule has 0 amide bonds. The Morgan fingerprint density at radius 2 is 2.16 bits per heavy atom. The van der Waals surface area contributed by atoms with E-state index in [9.17, 15) is 5.11 Å². The average Bonchev–Trinajstić information content (AvgIpc) is 2.38. The lowest BCUT2D eigenvalue weighted by Gasteiger charge is -2.52. The molecule has 1 saturated heterocycles. The van der Waals surface area contributed by atoms with E-state index >= 15 is 0 Å². The molecule has 1 heterocycles. The molecule has 3 rings (SSSR count). The topological polar surface area (TPSA) is 32.7 Å². The zero-order valence-electron chi connectivity index (χ0n) is 11.7. The van der Waals surface area contributed by atoms with E-state index in [2.05, 4.69) is 31.0 Å². The molecule has 1 aromatic carbocycles. The van der Waals surface area contributed by atoms with Crippen molar-refractivity contribution in [2.45, 2.75) is 37.3 Å². The average molecular weight is 328 g/mol. The number of rotatable bonds is 1. The number of benzene rings is 1. The fourth-order valence-electron chi connectivity index (χ4n) is 3.57. The Balaban J connectivity index is 0.00000133. The van der Waals surface area contributed by atoms with Crippen molar-refractivity contribution in [1.29, 1.82) is 0 Å². The molecule has 0 saturated carbocycles. The third-order valence-electron chi connectivity index (χ3n) is 4.93. The molecule has 1 aliphatic heterocycles. The summed E-state index contributed by atoms with van der Waals surface area (Å²) in [5.74, 6) is 0.888. The predicted octanol–water partition coefficient (Wildman–Crippen LogP) is 2.15. The van der Waals surface area contributed by atoms with Crippen LogP contribution in [0.4, 0.5) is 0 Å². The number of piperidine rings is 1. The highest BCUT2D eigenvalue weighted by atomic mass is 79.9. The SMILES string of the molecule is Br.COc1ccc2c(c1)[C@]1(C)CCN(C)[C@@H](C2)[C@@H]1O. The maximum absolute atomic E-state index is 10.6. The van der Waals surface area contributed by atoms with Crippen molar-refractivity contribution in [1.82, 2.24) is 4.90 Å². The largest absolute Gasteiger partial charge is 0.497 e. The van der Waals surface area contributed by atoms with Crippen molar-refractivity contribution in [2.24, 2.45) is 0 Å². The number of ether oxygens (including phenoxy) is 1. The Hall–Kier alpha value is -0.580. The van der Waals surface area contributed by atoms with Crippen LogP contribution in [0.15, 0.2) is 18.2 Å². The Bertz CT molecular complexity index is 479. The van der Waals surface area contributed by atoms with Crippen molar-refractivity contribution in [3.8, 4) is 5.75 Å². The van der Waals surface area contributed by atoms with Gasteiger partial charge in [0.1, 0.15) is 5.75 Å². The van der Waals surface area contributed by atoms with Gasteiger partial charge >= 0.3 is 0 Å². The summed E-state index contributed by atoms with van der Waals surface area (Å²) in [6.45, 7) is 3.24. The fourth-order valence-corrected chi connectivity index (χ4v) is 3.57. The van der Waals surface area contributed by atoms with Gasteiger partial charge in [0.25, 0.3) is 0 Å². The number of aliphatic hydroxyl groups is 1. The maximum Gasteiger partial charge on any atom is 0.119 e. The standard InChI is InChI=1S/C15H21NO2.BrH/c1-15-6-7-16(2)13(14(15)17)8-10-4-5-11(18-3)9-12(10)15;/h4-5,9,13-14,17H,6-8H2,1-3H3;1H/t13-,14-,15-;/m0./s1. The van der Waals surface area contributed by atoms with E-state index in [0.29, 0.717) is 0 Å². The molecule has 0 spiro atoms. The van der Waals surface area contributed by atoms with Crippen molar-refractivity contribution in [2.75, 3.05) is 20.7 Å². The number of likely N-dealkylation sites (N-methyl/N-ethyl adjacent to an activating group) is 1.